The molecule has 15 heavy (non-hydrogen) atoms. The normalized spacial score (nSPS) is 20.5. The third-order valence-electron chi connectivity index (χ3n) is 2.48. The first-order valence-corrected chi connectivity index (χ1v) is 5.22. The van der Waals surface area contributed by atoms with Crippen LogP contribution in [0.4, 0.5) is 0 Å². The molecule has 0 spiro atoms. The van der Waals surface area contributed by atoms with E-state index in [4.69, 9.17) is 0 Å². The zero-order valence-corrected chi connectivity index (χ0v) is 9.82. The fourth-order valence-corrected chi connectivity index (χ4v) is 1.95. The molecule has 4 nitrogen and oxygen atoms in total. The van der Waals surface area contributed by atoms with E-state index >= 15 is 0 Å². The maximum Gasteiger partial charge on any atom is 0.224 e. The van der Waals surface area contributed by atoms with Crippen molar-refractivity contribution in [3.05, 3.63) is 12.8 Å². The van der Waals surface area contributed by atoms with Gasteiger partial charge in [-0.15, -0.1) is 0 Å². The van der Waals surface area contributed by atoms with E-state index in [1.807, 2.05) is 14.0 Å². The van der Waals surface area contributed by atoms with Crippen LogP contribution in [0.3, 0.4) is 0 Å². The number of rotatable bonds is 3. The summed E-state index contributed by atoms with van der Waals surface area (Å²) in [6, 6.07) is 0. The van der Waals surface area contributed by atoms with Gasteiger partial charge in [-0.25, -0.2) is 9.98 Å². The number of aliphatic imine (C=N–C) groups is 2. The second kappa shape index (κ2) is 5.07. The Morgan fingerprint density at radius 3 is 2.73 bits per heavy atom. The van der Waals surface area contributed by atoms with Gasteiger partial charge in [-0.1, -0.05) is 13.5 Å². The van der Waals surface area contributed by atoms with E-state index in [2.05, 4.69) is 33.7 Å². The van der Waals surface area contributed by atoms with Crippen molar-refractivity contribution < 1.29 is 0 Å². The van der Waals surface area contributed by atoms with Gasteiger partial charge in [-0.05, 0) is 14.0 Å². The molecule has 1 aliphatic heterocycles. The zero-order valence-electron chi connectivity index (χ0n) is 9.82. The van der Waals surface area contributed by atoms with Crippen molar-refractivity contribution in [3.8, 4) is 0 Å². The van der Waals surface area contributed by atoms with Crippen LogP contribution in [-0.2, 0) is 0 Å². The minimum absolute atomic E-state index is 0.347. The van der Waals surface area contributed by atoms with Crippen LogP contribution in [0.1, 0.15) is 13.8 Å². The van der Waals surface area contributed by atoms with Crippen molar-refractivity contribution in [2.75, 3.05) is 26.7 Å². The molecule has 1 aliphatic rings. The lowest BCUT2D eigenvalue weighted by Gasteiger charge is -2.48. The van der Waals surface area contributed by atoms with Gasteiger partial charge in [0.1, 0.15) is 0 Å². The summed E-state index contributed by atoms with van der Waals surface area (Å²) in [4.78, 5) is 10.5. The van der Waals surface area contributed by atoms with Crippen molar-refractivity contribution in [1.82, 2.24) is 10.2 Å². The second-order valence-corrected chi connectivity index (χ2v) is 4.20. The molecule has 0 radical (unpaired) electrons. The Bertz CT molecular complexity index is 274. The summed E-state index contributed by atoms with van der Waals surface area (Å²) >= 11 is 0. The minimum atomic E-state index is 0.347. The highest BCUT2D eigenvalue weighted by Gasteiger charge is 2.39. The summed E-state index contributed by atoms with van der Waals surface area (Å²) in [5.74, 6) is 0.765. The number of nitrogens with one attached hydrogen (secondary N) is 1. The molecule has 1 saturated heterocycles. The van der Waals surface area contributed by atoms with Gasteiger partial charge < -0.3 is 10.2 Å². The fourth-order valence-electron chi connectivity index (χ4n) is 1.95. The van der Waals surface area contributed by atoms with E-state index in [0.717, 1.165) is 25.6 Å². The van der Waals surface area contributed by atoms with E-state index < -0.39 is 0 Å². The summed E-state index contributed by atoms with van der Waals surface area (Å²) in [7, 11) is 1.98. The van der Waals surface area contributed by atoms with Crippen molar-refractivity contribution in [2.45, 2.75) is 13.8 Å². The van der Waals surface area contributed by atoms with E-state index in [9.17, 15) is 0 Å². The standard InChI is InChI=1S/C11H20N4/c1-5-13-10(14-6-2)15-8-11(3,9-15)7-12-4/h5-6,12H,1,7-9H2,2-4H3/b13-10+,14-6-. The van der Waals surface area contributed by atoms with Crippen LogP contribution in [0.5, 0.6) is 0 Å². The molecule has 0 unspecified atom stereocenters. The van der Waals surface area contributed by atoms with Crippen LogP contribution in [0.25, 0.3) is 0 Å². The average Bonchev–Trinajstić information content (AvgIpc) is 2.14. The molecule has 0 amide bonds. The summed E-state index contributed by atoms with van der Waals surface area (Å²) in [6.07, 6.45) is 3.30. The summed E-state index contributed by atoms with van der Waals surface area (Å²) in [5, 5.41) is 3.21. The third-order valence-corrected chi connectivity index (χ3v) is 2.48. The van der Waals surface area contributed by atoms with Gasteiger partial charge in [0.05, 0.1) is 0 Å². The van der Waals surface area contributed by atoms with E-state index in [1.54, 1.807) is 6.21 Å². The van der Waals surface area contributed by atoms with Crippen LogP contribution in [0, 0.1) is 5.41 Å². The molecule has 0 aromatic heterocycles. The number of guanidine groups is 1. The van der Waals surface area contributed by atoms with Gasteiger partial charge in [0, 0.05) is 37.5 Å². The van der Waals surface area contributed by atoms with Gasteiger partial charge in [0.2, 0.25) is 5.96 Å². The predicted octanol–water partition coefficient (Wildman–Crippen LogP) is 1.12. The number of hydrogen-bond donors (Lipinski definition) is 1. The predicted molar refractivity (Wildman–Crippen MR) is 65.4 cm³/mol. The summed E-state index contributed by atoms with van der Waals surface area (Å²) in [6.45, 7) is 10.8. The van der Waals surface area contributed by atoms with Gasteiger partial charge in [-0.3, -0.25) is 0 Å². The Morgan fingerprint density at radius 1 is 1.60 bits per heavy atom. The van der Waals surface area contributed by atoms with Crippen molar-refractivity contribution in [3.63, 3.8) is 0 Å². The fraction of sp³-hybridized carbons (Fsp3) is 0.636. The topological polar surface area (TPSA) is 40.0 Å². The molecule has 0 aromatic carbocycles. The number of likely N-dealkylation sites (tertiary alicyclic amines) is 1. The monoisotopic (exact) mass is 208 g/mol. The maximum absolute atomic E-state index is 4.22. The highest BCUT2D eigenvalue weighted by atomic mass is 15.3. The van der Waals surface area contributed by atoms with Gasteiger partial charge in [-0.2, -0.15) is 0 Å². The summed E-state index contributed by atoms with van der Waals surface area (Å²) in [5.41, 5.74) is 0.347. The highest BCUT2D eigenvalue weighted by Crippen LogP contribution is 2.29. The SMILES string of the molecule is C=C/N=C(\N=C/C)N1CC(C)(CNC)C1. The van der Waals surface area contributed by atoms with Crippen molar-refractivity contribution in [1.29, 1.82) is 0 Å². The van der Waals surface area contributed by atoms with Crippen molar-refractivity contribution >= 4 is 12.2 Å². The molecule has 0 saturated carbocycles. The Balaban J connectivity index is 2.55. The van der Waals surface area contributed by atoms with Gasteiger partial charge in [0.15, 0.2) is 0 Å². The molecule has 0 aromatic rings. The molecule has 1 fully saturated rings. The average molecular weight is 208 g/mol. The highest BCUT2D eigenvalue weighted by molar-refractivity contribution is 5.88. The molecular weight excluding hydrogens is 188 g/mol. The molecule has 1 heterocycles. The maximum atomic E-state index is 4.22. The first kappa shape index (κ1) is 11.9. The van der Waals surface area contributed by atoms with E-state index in [0.29, 0.717) is 5.41 Å². The minimum Gasteiger partial charge on any atom is -0.340 e. The zero-order chi connectivity index (χ0) is 11.3. The molecule has 4 heteroatoms. The Labute approximate surface area is 91.8 Å². The van der Waals surface area contributed by atoms with Crippen LogP contribution < -0.4 is 5.32 Å². The lowest BCUT2D eigenvalue weighted by molar-refractivity contribution is 0.0789. The second-order valence-electron chi connectivity index (χ2n) is 4.20. The number of nitrogens with zero attached hydrogens (tertiary/aromatic N) is 3. The molecule has 0 aliphatic carbocycles. The van der Waals surface area contributed by atoms with Gasteiger partial charge >= 0.3 is 0 Å². The van der Waals surface area contributed by atoms with E-state index in [-0.39, 0.29) is 0 Å². The molecule has 0 bridgehead atoms. The lowest BCUT2D eigenvalue weighted by atomic mass is 9.82. The summed E-state index contributed by atoms with van der Waals surface area (Å²) < 4.78 is 0. The van der Waals surface area contributed by atoms with E-state index in [1.165, 1.54) is 6.20 Å². The molecule has 84 valence electrons. The van der Waals surface area contributed by atoms with Crippen LogP contribution in [0.15, 0.2) is 22.8 Å². The lowest BCUT2D eigenvalue weighted by Crippen LogP contribution is -2.60. The Kier molecular flexibility index (Phi) is 4.03. The molecule has 1 N–H and O–H groups in total. The Hall–Kier alpha value is -1.16. The van der Waals surface area contributed by atoms with Crippen molar-refractivity contribution in [2.24, 2.45) is 15.4 Å². The molecule has 0 atom stereocenters. The van der Waals surface area contributed by atoms with Crippen LogP contribution in [-0.4, -0.2) is 43.8 Å². The molecular formula is C11H20N4. The third kappa shape index (κ3) is 2.89. The molecule has 1 rings (SSSR count). The smallest absolute Gasteiger partial charge is 0.224 e. The number of hydrogen-bond acceptors (Lipinski definition) is 2. The first-order chi connectivity index (χ1) is 7.15. The van der Waals surface area contributed by atoms with Crippen LogP contribution in [0.2, 0.25) is 0 Å². The first-order valence-electron chi connectivity index (χ1n) is 5.22. The van der Waals surface area contributed by atoms with Crippen LogP contribution >= 0.6 is 0 Å². The largest absolute Gasteiger partial charge is 0.340 e. The van der Waals surface area contributed by atoms with Gasteiger partial charge in [0.25, 0.3) is 0 Å². The quantitative estimate of drug-likeness (QED) is 0.557. The Morgan fingerprint density at radius 2 is 2.27 bits per heavy atom.